The molecular weight excluding hydrogens is 176 g/mol. The summed E-state index contributed by atoms with van der Waals surface area (Å²) in [5.41, 5.74) is 3.33. The van der Waals surface area contributed by atoms with Crippen LogP contribution in [0.25, 0.3) is 0 Å². The number of urea groups is 1. The van der Waals surface area contributed by atoms with Gasteiger partial charge in [0.25, 0.3) is 0 Å². The van der Waals surface area contributed by atoms with Crippen LogP contribution < -0.4 is 0 Å². The average molecular weight is 190 g/mol. The summed E-state index contributed by atoms with van der Waals surface area (Å²) in [6, 6.07) is 0.0388. The molecule has 0 unspecified atom stereocenters. The van der Waals surface area contributed by atoms with E-state index in [-0.39, 0.29) is 6.03 Å². The highest BCUT2D eigenvalue weighted by Crippen LogP contribution is 2.28. The van der Waals surface area contributed by atoms with Gasteiger partial charge in [0.15, 0.2) is 0 Å². The van der Waals surface area contributed by atoms with Gasteiger partial charge < -0.3 is 9.80 Å². The molecule has 0 radical (unpaired) electrons. The van der Waals surface area contributed by atoms with Crippen molar-refractivity contribution in [2.24, 2.45) is 0 Å². The lowest BCUT2D eigenvalue weighted by Crippen LogP contribution is -2.42. The lowest BCUT2D eigenvalue weighted by Gasteiger charge is -2.34. The van der Waals surface area contributed by atoms with Crippen LogP contribution in [0, 0.1) is 0 Å². The number of nitrogens with zero attached hydrogens (tertiary/aromatic N) is 2. The summed E-state index contributed by atoms with van der Waals surface area (Å²) < 4.78 is 0. The van der Waals surface area contributed by atoms with Crippen molar-refractivity contribution in [3.05, 3.63) is 35.2 Å². The van der Waals surface area contributed by atoms with Gasteiger partial charge in [0.2, 0.25) is 0 Å². The molecule has 0 aromatic heterocycles. The molecule has 3 heteroatoms. The average Bonchev–Trinajstić information content (AvgIpc) is 2.34. The van der Waals surface area contributed by atoms with E-state index in [1.807, 2.05) is 33.2 Å². The Bertz CT molecular complexity index is 377. The lowest BCUT2D eigenvalue weighted by molar-refractivity contribution is 0.184. The number of rotatable bonds is 0. The first kappa shape index (κ1) is 9.06. The first-order valence-electron chi connectivity index (χ1n) is 4.69. The Kier molecular flexibility index (Phi) is 1.95. The second-order valence-electron chi connectivity index (χ2n) is 3.78. The van der Waals surface area contributed by atoms with Gasteiger partial charge in [-0.1, -0.05) is 6.08 Å². The summed E-state index contributed by atoms with van der Waals surface area (Å²) in [5, 5.41) is 0. The van der Waals surface area contributed by atoms with Crippen molar-refractivity contribution in [2.75, 3.05) is 14.1 Å². The molecule has 2 rings (SSSR count). The van der Waals surface area contributed by atoms with Crippen LogP contribution in [0.5, 0.6) is 0 Å². The fourth-order valence-electron chi connectivity index (χ4n) is 1.75. The monoisotopic (exact) mass is 190 g/mol. The van der Waals surface area contributed by atoms with E-state index in [2.05, 4.69) is 6.08 Å². The van der Waals surface area contributed by atoms with E-state index >= 15 is 0 Å². The maximum Gasteiger partial charge on any atom is 0.327 e. The maximum atomic E-state index is 11.7. The molecule has 2 bridgehead atoms. The van der Waals surface area contributed by atoms with Crippen LogP contribution in [-0.2, 0) is 0 Å². The molecule has 0 atom stereocenters. The molecule has 1 aliphatic heterocycles. The van der Waals surface area contributed by atoms with Crippen molar-refractivity contribution in [3.8, 4) is 0 Å². The smallest absolute Gasteiger partial charge is 0.301 e. The third kappa shape index (κ3) is 1.25. The van der Waals surface area contributed by atoms with Gasteiger partial charge in [-0.2, -0.15) is 0 Å². The molecule has 0 N–H and O–H groups in total. The number of fused-ring (bicyclic) bond motifs is 2. The summed E-state index contributed by atoms with van der Waals surface area (Å²) in [5.74, 6) is 0. The van der Waals surface area contributed by atoms with Gasteiger partial charge in [0.1, 0.15) is 0 Å². The van der Waals surface area contributed by atoms with E-state index in [4.69, 9.17) is 0 Å². The van der Waals surface area contributed by atoms with E-state index in [0.29, 0.717) is 0 Å². The Labute approximate surface area is 84.0 Å². The first-order valence-corrected chi connectivity index (χ1v) is 4.69. The Morgan fingerprint density at radius 2 is 1.79 bits per heavy atom. The maximum absolute atomic E-state index is 11.7. The van der Waals surface area contributed by atoms with Gasteiger partial charge in [-0.05, 0) is 24.6 Å². The molecule has 14 heavy (non-hydrogen) atoms. The van der Waals surface area contributed by atoms with Gasteiger partial charge in [-0.25, -0.2) is 4.79 Å². The van der Waals surface area contributed by atoms with Crippen molar-refractivity contribution in [2.45, 2.75) is 13.3 Å². The highest BCUT2D eigenvalue weighted by molar-refractivity contribution is 5.80. The van der Waals surface area contributed by atoms with Crippen LogP contribution in [0.4, 0.5) is 4.79 Å². The van der Waals surface area contributed by atoms with Crippen molar-refractivity contribution < 1.29 is 4.79 Å². The van der Waals surface area contributed by atoms with Gasteiger partial charge >= 0.3 is 6.03 Å². The predicted octanol–water partition coefficient (Wildman–Crippen LogP) is 2.10. The molecule has 1 heterocycles. The van der Waals surface area contributed by atoms with Crippen LogP contribution in [0.1, 0.15) is 13.3 Å². The molecule has 74 valence electrons. The van der Waals surface area contributed by atoms with Gasteiger partial charge in [-0.3, -0.25) is 0 Å². The summed E-state index contributed by atoms with van der Waals surface area (Å²) in [4.78, 5) is 15.2. The van der Waals surface area contributed by atoms with Crippen molar-refractivity contribution in [3.63, 3.8) is 0 Å². The third-order valence-corrected chi connectivity index (χ3v) is 2.73. The standard InChI is InChI=1S/C11H14N2O/c1-8-4-5-9-7-10(6-8)13(3)11(14)12(9)2/h4-6H,7H2,1-3H3. The van der Waals surface area contributed by atoms with E-state index in [1.54, 1.807) is 9.80 Å². The van der Waals surface area contributed by atoms with Crippen LogP contribution in [0.15, 0.2) is 35.2 Å². The molecule has 0 aromatic carbocycles. The summed E-state index contributed by atoms with van der Waals surface area (Å²) >= 11 is 0. The Morgan fingerprint density at radius 1 is 1.14 bits per heavy atom. The molecule has 0 spiro atoms. The van der Waals surface area contributed by atoms with E-state index < -0.39 is 0 Å². The van der Waals surface area contributed by atoms with Crippen LogP contribution >= 0.6 is 0 Å². The van der Waals surface area contributed by atoms with Gasteiger partial charge in [0, 0.05) is 31.9 Å². The first-order chi connectivity index (χ1) is 6.59. The zero-order valence-electron chi connectivity index (χ0n) is 8.74. The minimum Gasteiger partial charge on any atom is -0.301 e. The number of hydrogen-bond donors (Lipinski definition) is 0. The van der Waals surface area contributed by atoms with Crippen LogP contribution in [0.3, 0.4) is 0 Å². The molecular formula is C11H14N2O. The van der Waals surface area contributed by atoms with E-state index in [1.165, 1.54) is 5.57 Å². The third-order valence-electron chi connectivity index (χ3n) is 2.73. The number of allylic oxidation sites excluding steroid dienone is 4. The number of amides is 2. The van der Waals surface area contributed by atoms with Gasteiger partial charge in [0.05, 0.1) is 0 Å². The summed E-state index contributed by atoms with van der Waals surface area (Å²) in [7, 11) is 3.63. The Balaban J connectivity index is 2.49. The minimum absolute atomic E-state index is 0.0388. The molecule has 0 saturated carbocycles. The van der Waals surface area contributed by atoms with Gasteiger partial charge in [-0.15, -0.1) is 0 Å². The highest BCUT2D eigenvalue weighted by Gasteiger charge is 2.27. The minimum atomic E-state index is 0.0388. The normalized spacial score (nSPS) is 21.4. The zero-order valence-corrected chi connectivity index (χ0v) is 8.74. The molecule has 0 aromatic rings. The molecule has 3 nitrogen and oxygen atoms in total. The SMILES string of the molecule is CC1=CC=C2CC(=C1)N(C)C(=O)N2C. The van der Waals surface area contributed by atoms with Crippen LogP contribution in [0.2, 0.25) is 0 Å². The number of carbonyl (C=O) groups is 1. The zero-order chi connectivity index (χ0) is 10.3. The quantitative estimate of drug-likeness (QED) is 0.573. The number of hydrogen-bond acceptors (Lipinski definition) is 1. The molecule has 2 amide bonds. The van der Waals surface area contributed by atoms with Crippen molar-refractivity contribution in [1.29, 1.82) is 0 Å². The Hall–Kier alpha value is -1.51. The Morgan fingerprint density at radius 3 is 2.50 bits per heavy atom. The van der Waals surface area contributed by atoms with Crippen molar-refractivity contribution in [1.82, 2.24) is 9.80 Å². The van der Waals surface area contributed by atoms with Crippen LogP contribution in [-0.4, -0.2) is 29.9 Å². The summed E-state index contributed by atoms with van der Waals surface area (Å²) in [6.07, 6.45) is 6.97. The van der Waals surface area contributed by atoms with E-state index in [9.17, 15) is 4.79 Å². The number of carbonyl (C=O) groups excluding carboxylic acids is 1. The highest BCUT2D eigenvalue weighted by atomic mass is 16.2. The second kappa shape index (κ2) is 3.01. The molecule has 1 fully saturated rings. The van der Waals surface area contributed by atoms with Crippen molar-refractivity contribution >= 4 is 6.03 Å². The second-order valence-corrected chi connectivity index (χ2v) is 3.78. The lowest BCUT2D eigenvalue weighted by atomic mass is 10.1. The molecule has 2 aliphatic rings. The fourth-order valence-corrected chi connectivity index (χ4v) is 1.75. The summed E-state index contributed by atoms with van der Waals surface area (Å²) in [6.45, 7) is 2.04. The topological polar surface area (TPSA) is 23.6 Å². The fraction of sp³-hybridized carbons (Fsp3) is 0.364. The largest absolute Gasteiger partial charge is 0.327 e. The van der Waals surface area contributed by atoms with E-state index in [0.717, 1.165) is 17.8 Å². The molecule has 1 saturated heterocycles. The molecule has 1 aliphatic carbocycles. The predicted molar refractivity (Wildman–Crippen MR) is 55.5 cm³/mol.